The van der Waals surface area contributed by atoms with Crippen molar-refractivity contribution in [3.05, 3.63) is 51.2 Å². The Morgan fingerprint density at radius 3 is 2.92 bits per heavy atom. The summed E-state index contributed by atoms with van der Waals surface area (Å²) >= 11 is 1.41. The highest BCUT2D eigenvalue weighted by molar-refractivity contribution is 7.89. The van der Waals surface area contributed by atoms with Crippen LogP contribution in [0.2, 0.25) is 0 Å². The SMILES string of the molecule is C[C@@H]1CCc2sc(C(=O)NNS(=O)(=O)c3cccc(C#N)c3)cc2C1. The Bertz CT molecular complexity index is 958. The number of carbonyl (C=O) groups is 1. The van der Waals surface area contributed by atoms with E-state index in [1.807, 2.05) is 12.1 Å². The Balaban J connectivity index is 1.70. The van der Waals surface area contributed by atoms with Crippen molar-refractivity contribution in [1.29, 1.82) is 5.26 Å². The third-order valence-electron chi connectivity index (χ3n) is 4.13. The van der Waals surface area contributed by atoms with Crippen LogP contribution in [0.3, 0.4) is 0 Å². The van der Waals surface area contributed by atoms with E-state index in [-0.39, 0.29) is 10.5 Å². The maximum atomic E-state index is 12.3. The highest BCUT2D eigenvalue weighted by Crippen LogP contribution is 2.32. The third-order valence-corrected chi connectivity index (χ3v) is 6.61. The number of nitrogens with one attached hydrogen (secondary N) is 2. The van der Waals surface area contributed by atoms with Gasteiger partial charge >= 0.3 is 0 Å². The van der Waals surface area contributed by atoms with Crippen molar-refractivity contribution in [2.75, 3.05) is 0 Å². The van der Waals surface area contributed by atoms with Crippen LogP contribution in [0.25, 0.3) is 0 Å². The Kier molecular flexibility index (Phi) is 4.90. The highest BCUT2D eigenvalue weighted by atomic mass is 32.2. The van der Waals surface area contributed by atoms with Crippen LogP contribution < -0.4 is 10.3 Å². The molecule has 1 aliphatic rings. The van der Waals surface area contributed by atoms with Crippen LogP contribution in [0.15, 0.2) is 35.2 Å². The maximum absolute atomic E-state index is 12.3. The quantitative estimate of drug-likeness (QED) is 0.802. The zero-order chi connectivity index (χ0) is 18.0. The second-order valence-electron chi connectivity index (χ2n) is 6.11. The first-order valence-electron chi connectivity index (χ1n) is 7.83. The zero-order valence-corrected chi connectivity index (χ0v) is 15.2. The van der Waals surface area contributed by atoms with E-state index < -0.39 is 15.9 Å². The fraction of sp³-hybridized carbons (Fsp3) is 0.294. The van der Waals surface area contributed by atoms with Gasteiger partial charge in [-0.25, -0.2) is 8.42 Å². The van der Waals surface area contributed by atoms with Crippen molar-refractivity contribution in [3.63, 3.8) is 0 Å². The van der Waals surface area contributed by atoms with Gasteiger partial charge in [0, 0.05) is 4.88 Å². The topological polar surface area (TPSA) is 99.1 Å². The van der Waals surface area contributed by atoms with Crippen LogP contribution in [0.1, 0.15) is 39.0 Å². The number of thiophene rings is 1. The number of sulfonamides is 1. The molecule has 2 aromatic rings. The van der Waals surface area contributed by atoms with E-state index in [0.717, 1.165) is 19.3 Å². The number of fused-ring (bicyclic) bond motifs is 1. The average molecular weight is 375 g/mol. The predicted octanol–water partition coefficient (Wildman–Crippen LogP) is 2.37. The van der Waals surface area contributed by atoms with Crippen molar-refractivity contribution in [1.82, 2.24) is 10.3 Å². The molecule has 0 fully saturated rings. The van der Waals surface area contributed by atoms with E-state index in [0.29, 0.717) is 10.8 Å². The molecule has 1 aromatic heterocycles. The summed E-state index contributed by atoms with van der Waals surface area (Å²) in [5.41, 5.74) is 3.66. The normalized spacial score (nSPS) is 16.7. The predicted molar refractivity (Wildman–Crippen MR) is 94.5 cm³/mol. The van der Waals surface area contributed by atoms with Crippen LogP contribution in [0.5, 0.6) is 0 Å². The Hall–Kier alpha value is -2.21. The van der Waals surface area contributed by atoms with Crippen molar-refractivity contribution in [3.8, 4) is 6.07 Å². The van der Waals surface area contributed by atoms with Gasteiger partial charge in [0.05, 0.1) is 21.4 Å². The molecule has 1 aliphatic carbocycles. The van der Waals surface area contributed by atoms with Gasteiger partial charge in [0.15, 0.2) is 0 Å². The van der Waals surface area contributed by atoms with E-state index in [2.05, 4.69) is 17.2 Å². The lowest BCUT2D eigenvalue weighted by atomic mass is 9.90. The smallest absolute Gasteiger partial charge is 0.273 e. The second kappa shape index (κ2) is 6.96. The number of aryl methyl sites for hydroxylation is 1. The molecular weight excluding hydrogens is 358 g/mol. The number of benzene rings is 1. The van der Waals surface area contributed by atoms with Gasteiger partial charge in [-0.3, -0.25) is 10.2 Å². The summed E-state index contributed by atoms with van der Waals surface area (Å²) in [4.78, 5) is 16.0. The molecule has 0 radical (unpaired) electrons. The Morgan fingerprint density at radius 2 is 2.16 bits per heavy atom. The molecule has 25 heavy (non-hydrogen) atoms. The lowest BCUT2D eigenvalue weighted by molar-refractivity contribution is 0.0949. The number of amides is 1. The maximum Gasteiger partial charge on any atom is 0.276 e. The minimum Gasteiger partial charge on any atom is -0.273 e. The number of hydrogen-bond acceptors (Lipinski definition) is 5. The number of hydrogen-bond donors (Lipinski definition) is 2. The molecule has 1 aromatic carbocycles. The largest absolute Gasteiger partial charge is 0.276 e. The molecule has 2 N–H and O–H groups in total. The number of nitrogens with zero attached hydrogens (tertiary/aromatic N) is 1. The minimum absolute atomic E-state index is 0.0776. The van der Waals surface area contributed by atoms with Gasteiger partial charge in [-0.2, -0.15) is 5.26 Å². The summed E-state index contributed by atoms with van der Waals surface area (Å²) in [6.45, 7) is 2.18. The van der Waals surface area contributed by atoms with Crippen molar-refractivity contribution in [2.45, 2.75) is 31.1 Å². The molecule has 0 bridgehead atoms. The third kappa shape index (κ3) is 3.90. The number of nitriles is 1. The Morgan fingerprint density at radius 1 is 1.36 bits per heavy atom. The molecule has 6 nitrogen and oxygen atoms in total. The lowest BCUT2D eigenvalue weighted by Gasteiger charge is -2.16. The van der Waals surface area contributed by atoms with Crippen molar-refractivity contribution in [2.24, 2.45) is 5.92 Å². The zero-order valence-electron chi connectivity index (χ0n) is 13.6. The molecule has 3 rings (SSSR count). The summed E-state index contributed by atoms with van der Waals surface area (Å²) in [5.74, 6) is 0.121. The van der Waals surface area contributed by atoms with E-state index >= 15 is 0 Å². The molecule has 1 heterocycles. The molecule has 0 saturated heterocycles. The molecule has 1 amide bonds. The van der Waals surface area contributed by atoms with E-state index in [1.165, 1.54) is 46.0 Å². The van der Waals surface area contributed by atoms with E-state index in [4.69, 9.17) is 5.26 Å². The average Bonchev–Trinajstić information content (AvgIpc) is 3.03. The summed E-state index contributed by atoms with van der Waals surface area (Å²) in [6.07, 6.45) is 3.02. The van der Waals surface area contributed by atoms with Crippen LogP contribution in [-0.4, -0.2) is 14.3 Å². The standard InChI is InChI=1S/C17H17N3O3S2/c1-11-5-6-15-13(7-11)9-16(24-15)17(21)19-20-25(22,23)14-4-2-3-12(8-14)10-18/h2-4,8-9,11,20H,5-7H2,1H3,(H,19,21)/t11-/m1/s1. The van der Waals surface area contributed by atoms with Gasteiger partial charge in [-0.1, -0.05) is 13.0 Å². The molecule has 8 heteroatoms. The second-order valence-corrected chi connectivity index (χ2v) is 8.93. The van der Waals surface area contributed by atoms with Gasteiger partial charge in [0.25, 0.3) is 15.9 Å². The molecule has 0 unspecified atom stereocenters. The number of carbonyl (C=O) groups excluding carboxylic acids is 1. The monoisotopic (exact) mass is 375 g/mol. The van der Waals surface area contributed by atoms with Crippen molar-refractivity contribution >= 4 is 27.3 Å². The molecule has 0 spiro atoms. The Labute approximate surface area is 150 Å². The van der Waals surface area contributed by atoms with Crippen LogP contribution >= 0.6 is 11.3 Å². The van der Waals surface area contributed by atoms with Gasteiger partial charge in [0.2, 0.25) is 0 Å². The molecule has 130 valence electrons. The molecule has 0 saturated carbocycles. The summed E-state index contributed by atoms with van der Waals surface area (Å²) < 4.78 is 24.5. The molecule has 0 aliphatic heterocycles. The van der Waals surface area contributed by atoms with Gasteiger partial charge in [0.1, 0.15) is 0 Å². The van der Waals surface area contributed by atoms with Gasteiger partial charge in [-0.05, 0) is 55.0 Å². The first-order valence-corrected chi connectivity index (χ1v) is 10.1. The summed E-state index contributed by atoms with van der Waals surface area (Å²) in [5, 5.41) is 8.86. The van der Waals surface area contributed by atoms with E-state index in [9.17, 15) is 13.2 Å². The number of rotatable bonds is 4. The fourth-order valence-corrected chi connectivity index (χ4v) is 4.77. The van der Waals surface area contributed by atoms with E-state index in [1.54, 1.807) is 0 Å². The highest BCUT2D eigenvalue weighted by Gasteiger charge is 2.22. The fourth-order valence-electron chi connectivity index (χ4n) is 2.78. The van der Waals surface area contributed by atoms with Crippen LogP contribution in [0.4, 0.5) is 0 Å². The van der Waals surface area contributed by atoms with Crippen molar-refractivity contribution < 1.29 is 13.2 Å². The van der Waals surface area contributed by atoms with Crippen LogP contribution in [-0.2, 0) is 22.9 Å². The first kappa shape index (κ1) is 17.6. The number of hydrazine groups is 1. The summed E-state index contributed by atoms with van der Waals surface area (Å²) in [6, 6.07) is 9.32. The molecule has 1 atom stereocenters. The molecular formula is C17H17N3O3S2. The minimum atomic E-state index is -3.94. The van der Waals surface area contributed by atoms with Crippen LogP contribution in [0, 0.1) is 17.2 Å². The van der Waals surface area contributed by atoms with Gasteiger partial charge in [-0.15, -0.1) is 16.2 Å². The lowest BCUT2D eigenvalue weighted by Crippen LogP contribution is -2.41. The van der Waals surface area contributed by atoms with Gasteiger partial charge < -0.3 is 0 Å². The first-order chi connectivity index (χ1) is 11.9. The summed E-state index contributed by atoms with van der Waals surface area (Å²) in [7, 11) is -3.94.